The maximum atomic E-state index is 12.8. The van der Waals surface area contributed by atoms with Crippen LogP contribution in [0.25, 0.3) is 10.6 Å². The van der Waals surface area contributed by atoms with E-state index >= 15 is 0 Å². The van der Waals surface area contributed by atoms with Gasteiger partial charge in [-0.1, -0.05) is 18.2 Å². The molecule has 0 unspecified atom stereocenters. The molecule has 6 nitrogen and oxygen atoms in total. The van der Waals surface area contributed by atoms with Crippen molar-refractivity contribution in [1.82, 2.24) is 10.3 Å². The Labute approximate surface area is 186 Å². The van der Waals surface area contributed by atoms with E-state index in [0.29, 0.717) is 32.5 Å². The van der Waals surface area contributed by atoms with Gasteiger partial charge < -0.3 is 14.8 Å². The van der Waals surface area contributed by atoms with Crippen LogP contribution >= 0.6 is 11.3 Å². The smallest absolute Gasteiger partial charge is 0.416 e. The van der Waals surface area contributed by atoms with E-state index in [9.17, 15) is 22.8 Å². The van der Waals surface area contributed by atoms with Gasteiger partial charge in [0.25, 0.3) is 5.91 Å². The SMILES string of the molecule is COC(=O)c1cc(CNC(=O)c2sc(-c3ccc(C(F)(F)F)cc3)nc2C)ccc1OC. The number of alkyl halides is 3. The van der Waals surface area contributed by atoms with Crippen molar-refractivity contribution < 1.29 is 32.2 Å². The van der Waals surface area contributed by atoms with Crippen molar-refractivity contribution in [2.45, 2.75) is 19.6 Å². The number of halogens is 3. The first kappa shape index (κ1) is 23.3. The molecule has 1 N–H and O–H groups in total. The predicted molar refractivity (Wildman–Crippen MR) is 113 cm³/mol. The number of ether oxygens (including phenoxy) is 2. The molecular weight excluding hydrogens is 445 g/mol. The highest BCUT2D eigenvalue weighted by molar-refractivity contribution is 7.17. The first-order valence-corrected chi connectivity index (χ1v) is 10.1. The molecule has 3 rings (SSSR count). The molecular formula is C22H19F3N2O4S. The molecule has 0 saturated carbocycles. The van der Waals surface area contributed by atoms with E-state index < -0.39 is 17.7 Å². The van der Waals surface area contributed by atoms with E-state index in [1.54, 1.807) is 25.1 Å². The van der Waals surface area contributed by atoms with Crippen LogP contribution in [0.15, 0.2) is 42.5 Å². The Balaban J connectivity index is 1.74. The number of aryl methyl sites for hydroxylation is 1. The fourth-order valence-corrected chi connectivity index (χ4v) is 3.92. The summed E-state index contributed by atoms with van der Waals surface area (Å²) in [6.07, 6.45) is -4.42. The maximum absolute atomic E-state index is 12.8. The summed E-state index contributed by atoms with van der Waals surface area (Å²) >= 11 is 1.09. The van der Waals surface area contributed by atoms with E-state index in [4.69, 9.17) is 9.47 Å². The Morgan fingerprint density at radius 1 is 1.09 bits per heavy atom. The Hall–Kier alpha value is -3.40. The first-order valence-electron chi connectivity index (χ1n) is 9.32. The van der Waals surface area contributed by atoms with Crippen LogP contribution in [0.4, 0.5) is 13.2 Å². The molecule has 0 atom stereocenters. The minimum absolute atomic E-state index is 0.139. The zero-order valence-corrected chi connectivity index (χ0v) is 18.2. The maximum Gasteiger partial charge on any atom is 0.416 e. The topological polar surface area (TPSA) is 77.5 Å². The van der Waals surface area contributed by atoms with Gasteiger partial charge in [-0.3, -0.25) is 4.79 Å². The number of rotatable bonds is 6. The second-order valence-electron chi connectivity index (χ2n) is 6.72. The molecule has 1 aromatic heterocycles. The Bertz CT molecular complexity index is 1140. The van der Waals surface area contributed by atoms with Gasteiger partial charge in [0.05, 0.1) is 25.5 Å². The van der Waals surface area contributed by atoms with Crippen LogP contribution in [0.1, 0.15) is 36.9 Å². The Morgan fingerprint density at radius 3 is 2.38 bits per heavy atom. The Kier molecular flexibility index (Phi) is 6.83. The average Bonchev–Trinajstić information content (AvgIpc) is 3.17. The quantitative estimate of drug-likeness (QED) is 0.527. The summed E-state index contributed by atoms with van der Waals surface area (Å²) in [5, 5.41) is 3.20. The van der Waals surface area contributed by atoms with Crippen molar-refractivity contribution in [1.29, 1.82) is 0 Å². The highest BCUT2D eigenvalue weighted by Crippen LogP contribution is 2.33. The third-order valence-corrected chi connectivity index (χ3v) is 5.79. The molecule has 0 spiro atoms. The van der Waals surface area contributed by atoms with E-state index in [-0.39, 0.29) is 18.0 Å². The zero-order chi connectivity index (χ0) is 23.5. The van der Waals surface area contributed by atoms with Gasteiger partial charge in [0.1, 0.15) is 21.2 Å². The fraction of sp³-hybridized carbons (Fsp3) is 0.227. The summed E-state index contributed by atoms with van der Waals surface area (Å²) in [5.41, 5.74) is 1.10. The third kappa shape index (κ3) is 5.08. The molecule has 168 valence electrons. The van der Waals surface area contributed by atoms with Crippen LogP contribution in [0.2, 0.25) is 0 Å². The highest BCUT2D eigenvalue weighted by atomic mass is 32.1. The van der Waals surface area contributed by atoms with Gasteiger partial charge in [0.15, 0.2) is 0 Å². The monoisotopic (exact) mass is 464 g/mol. The Morgan fingerprint density at radius 2 is 1.78 bits per heavy atom. The summed E-state index contributed by atoms with van der Waals surface area (Å²) in [6, 6.07) is 9.50. The van der Waals surface area contributed by atoms with Gasteiger partial charge in [-0.2, -0.15) is 13.2 Å². The molecule has 0 aliphatic heterocycles. The van der Waals surface area contributed by atoms with Gasteiger partial charge in [-0.25, -0.2) is 9.78 Å². The van der Waals surface area contributed by atoms with Crippen molar-refractivity contribution in [2.75, 3.05) is 14.2 Å². The van der Waals surface area contributed by atoms with Crippen LogP contribution in [0.5, 0.6) is 5.75 Å². The number of hydrogen-bond donors (Lipinski definition) is 1. The van der Waals surface area contributed by atoms with Crippen LogP contribution in [-0.4, -0.2) is 31.1 Å². The number of nitrogens with zero attached hydrogens (tertiary/aromatic N) is 1. The van der Waals surface area contributed by atoms with Crippen LogP contribution in [0.3, 0.4) is 0 Å². The second-order valence-corrected chi connectivity index (χ2v) is 7.72. The lowest BCUT2D eigenvalue weighted by molar-refractivity contribution is -0.137. The van der Waals surface area contributed by atoms with Crippen molar-refractivity contribution in [3.63, 3.8) is 0 Å². The number of amides is 1. The van der Waals surface area contributed by atoms with E-state index in [2.05, 4.69) is 10.3 Å². The lowest BCUT2D eigenvalue weighted by Crippen LogP contribution is -2.22. The van der Waals surface area contributed by atoms with Crippen LogP contribution in [-0.2, 0) is 17.5 Å². The molecule has 0 aliphatic rings. The number of thiazole rings is 1. The fourth-order valence-electron chi connectivity index (χ4n) is 2.93. The van der Waals surface area contributed by atoms with Gasteiger partial charge in [-0.05, 0) is 36.8 Å². The summed E-state index contributed by atoms with van der Waals surface area (Å²) in [7, 11) is 2.70. The second kappa shape index (κ2) is 9.39. The van der Waals surface area contributed by atoms with E-state index in [1.807, 2.05) is 0 Å². The summed E-state index contributed by atoms with van der Waals surface area (Å²) in [4.78, 5) is 29.2. The zero-order valence-electron chi connectivity index (χ0n) is 17.4. The largest absolute Gasteiger partial charge is 0.496 e. The molecule has 0 aliphatic carbocycles. The summed E-state index contributed by atoms with van der Waals surface area (Å²) < 4.78 is 48.1. The van der Waals surface area contributed by atoms with Crippen molar-refractivity contribution in [2.24, 2.45) is 0 Å². The molecule has 1 amide bonds. The number of carbonyl (C=O) groups is 2. The van der Waals surface area contributed by atoms with Gasteiger partial charge in [0, 0.05) is 12.1 Å². The van der Waals surface area contributed by atoms with Crippen molar-refractivity contribution in [3.8, 4) is 16.3 Å². The lowest BCUT2D eigenvalue weighted by Gasteiger charge is -2.10. The van der Waals surface area contributed by atoms with Crippen LogP contribution < -0.4 is 10.1 Å². The molecule has 0 fully saturated rings. The van der Waals surface area contributed by atoms with E-state index in [1.165, 1.54) is 26.4 Å². The van der Waals surface area contributed by atoms with Crippen molar-refractivity contribution >= 4 is 23.2 Å². The highest BCUT2D eigenvalue weighted by Gasteiger charge is 2.30. The molecule has 1 heterocycles. The first-order chi connectivity index (χ1) is 15.1. The molecule has 2 aromatic carbocycles. The molecule has 0 bridgehead atoms. The number of nitrogens with one attached hydrogen (secondary N) is 1. The number of aromatic nitrogens is 1. The van der Waals surface area contributed by atoms with E-state index in [0.717, 1.165) is 23.5 Å². The number of hydrogen-bond acceptors (Lipinski definition) is 6. The molecule has 0 saturated heterocycles. The number of benzene rings is 2. The van der Waals surface area contributed by atoms with Crippen LogP contribution in [0, 0.1) is 6.92 Å². The minimum Gasteiger partial charge on any atom is -0.496 e. The predicted octanol–water partition coefficient (Wildman–Crippen LogP) is 4.86. The van der Waals surface area contributed by atoms with Crippen molar-refractivity contribution in [3.05, 3.63) is 69.7 Å². The minimum atomic E-state index is -4.42. The number of esters is 1. The number of carbonyl (C=O) groups excluding carboxylic acids is 2. The lowest BCUT2D eigenvalue weighted by atomic mass is 10.1. The van der Waals surface area contributed by atoms with Gasteiger partial charge in [0.2, 0.25) is 0 Å². The van der Waals surface area contributed by atoms with Gasteiger partial charge >= 0.3 is 12.1 Å². The molecule has 0 radical (unpaired) electrons. The molecule has 32 heavy (non-hydrogen) atoms. The molecule has 3 aromatic rings. The standard InChI is InChI=1S/C22H19F3N2O4S/c1-12-18(32-20(27-12)14-5-7-15(8-6-14)22(23,24)25)19(28)26-11-13-4-9-17(30-2)16(10-13)21(29)31-3/h4-10H,11H2,1-3H3,(H,26,28). The normalized spacial score (nSPS) is 11.2. The third-order valence-electron chi connectivity index (χ3n) is 4.58. The van der Waals surface area contributed by atoms with Gasteiger partial charge in [-0.15, -0.1) is 11.3 Å². The average molecular weight is 464 g/mol. The summed E-state index contributed by atoms with van der Waals surface area (Å²) in [6.45, 7) is 1.79. The summed E-state index contributed by atoms with van der Waals surface area (Å²) in [5.74, 6) is -0.588. The molecule has 10 heteroatoms. The number of methoxy groups -OCH3 is 2.